The molecule has 9 nitrogen and oxygen atoms in total. The lowest BCUT2D eigenvalue weighted by atomic mass is 10.1. The zero-order valence-corrected chi connectivity index (χ0v) is 22.8. The zero-order valence-electron chi connectivity index (χ0n) is 22.0. The van der Waals surface area contributed by atoms with Crippen molar-refractivity contribution in [2.75, 3.05) is 11.4 Å². The normalized spacial score (nSPS) is 11.5. The van der Waals surface area contributed by atoms with E-state index < -0.39 is 32.0 Å². The monoisotopic (exact) mass is 559 g/mol. The Morgan fingerprint density at radius 2 is 1.73 bits per heavy atom. The van der Waals surface area contributed by atoms with Gasteiger partial charge in [-0.2, -0.15) is 9.49 Å². The minimum absolute atomic E-state index is 0.107. The fourth-order valence-electron chi connectivity index (χ4n) is 4.65. The van der Waals surface area contributed by atoms with Crippen LogP contribution in [0.3, 0.4) is 0 Å². The average molecular weight is 560 g/mol. The van der Waals surface area contributed by atoms with Gasteiger partial charge in [0.15, 0.2) is 10.6 Å². The van der Waals surface area contributed by atoms with E-state index in [0.717, 1.165) is 0 Å². The Morgan fingerprint density at radius 3 is 2.33 bits per heavy atom. The van der Waals surface area contributed by atoms with Gasteiger partial charge in [0.2, 0.25) is 15.8 Å². The first kappa shape index (κ1) is 26.8. The molecular weight excluding hydrogens is 533 g/mol. The number of para-hydroxylation sites is 1. The Bertz CT molecular complexity index is 1870. The molecule has 2 N–H and O–H groups in total. The van der Waals surface area contributed by atoms with E-state index in [1.165, 1.54) is 22.9 Å². The summed E-state index contributed by atoms with van der Waals surface area (Å²) < 4.78 is 42.6. The van der Waals surface area contributed by atoms with Gasteiger partial charge in [-0.1, -0.05) is 30.3 Å². The second-order valence-corrected chi connectivity index (χ2v) is 11.0. The third kappa shape index (κ3) is 4.75. The minimum atomic E-state index is -4.48. The Morgan fingerprint density at radius 1 is 1.02 bits per heavy atom. The van der Waals surface area contributed by atoms with Gasteiger partial charge in [0.25, 0.3) is 5.56 Å². The number of aryl methyl sites for hydroxylation is 2. The first-order valence-corrected chi connectivity index (χ1v) is 13.9. The van der Waals surface area contributed by atoms with Gasteiger partial charge < -0.3 is 15.0 Å². The summed E-state index contributed by atoms with van der Waals surface area (Å²) in [7, 11) is -2.77. The molecule has 0 unspecified atom stereocenters. The molecular formula is C29H26FN5O4S. The van der Waals surface area contributed by atoms with Gasteiger partial charge in [-0.3, -0.25) is 9.48 Å². The molecule has 2 aromatic carbocycles. The van der Waals surface area contributed by atoms with E-state index >= 15 is 0 Å². The predicted octanol–water partition coefficient (Wildman–Crippen LogP) is 4.98. The molecule has 204 valence electrons. The van der Waals surface area contributed by atoms with Crippen LogP contribution in [-0.2, 0) is 16.9 Å². The number of pyridine rings is 2. The van der Waals surface area contributed by atoms with E-state index in [0.29, 0.717) is 34.7 Å². The molecule has 0 fully saturated rings. The van der Waals surface area contributed by atoms with E-state index in [2.05, 4.69) is 15.1 Å². The largest absolute Gasteiger partial charge is 0.504 e. The fraction of sp³-hybridized carbons (Fsp3) is 0.138. The van der Waals surface area contributed by atoms with Crippen LogP contribution in [0.2, 0.25) is 0 Å². The van der Waals surface area contributed by atoms with Gasteiger partial charge in [0.05, 0.1) is 10.6 Å². The average Bonchev–Trinajstić information content (AvgIpc) is 3.37. The van der Waals surface area contributed by atoms with Crippen molar-refractivity contribution in [1.29, 1.82) is 0 Å². The van der Waals surface area contributed by atoms with Crippen LogP contribution in [0.15, 0.2) is 93.6 Å². The van der Waals surface area contributed by atoms with E-state index in [-0.39, 0.29) is 16.3 Å². The van der Waals surface area contributed by atoms with Crippen LogP contribution in [0.25, 0.3) is 22.5 Å². The van der Waals surface area contributed by atoms with Crippen molar-refractivity contribution in [2.45, 2.75) is 23.6 Å². The van der Waals surface area contributed by atoms with Crippen molar-refractivity contribution in [3.05, 3.63) is 101 Å². The molecule has 0 bridgehead atoms. The Balaban J connectivity index is 1.68. The number of aromatic hydroxyl groups is 1. The molecule has 0 amide bonds. The summed E-state index contributed by atoms with van der Waals surface area (Å²) in [5.41, 5.74) is 2.05. The van der Waals surface area contributed by atoms with Gasteiger partial charge in [-0.05, 0) is 61.9 Å². The quantitative estimate of drug-likeness (QED) is 0.270. The molecule has 5 rings (SSSR count). The number of benzene rings is 2. The molecule has 5 aromatic rings. The fourth-order valence-corrected chi connectivity index (χ4v) is 6.03. The number of nitrogens with zero attached hydrogens (tertiary/aromatic N) is 4. The highest BCUT2D eigenvalue weighted by atomic mass is 32.2. The number of rotatable bonds is 7. The van der Waals surface area contributed by atoms with E-state index in [1.807, 2.05) is 37.3 Å². The summed E-state index contributed by atoms with van der Waals surface area (Å²) in [5, 5.41) is 15.9. The predicted molar refractivity (Wildman–Crippen MR) is 150 cm³/mol. The first-order valence-electron chi connectivity index (χ1n) is 12.4. The van der Waals surface area contributed by atoms with Gasteiger partial charge in [-0.25, -0.2) is 13.4 Å². The summed E-state index contributed by atoms with van der Waals surface area (Å²) in [6, 6.07) is 19.3. The van der Waals surface area contributed by atoms with Crippen molar-refractivity contribution < 1.29 is 17.9 Å². The highest BCUT2D eigenvalue weighted by Crippen LogP contribution is 2.43. The highest BCUT2D eigenvalue weighted by molar-refractivity contribution is 7.91. The Labute approximate surface area is 230 Å². The summed E-state index contributed by atoms with van der Waals surface area (Å²) in [6.45, 7) is 3.85. The number of H-pyrrole nitrogens is 1. The standard InChI is InChI=1S/C29H26FN5O4S/c1-4-35(20-8-6-5-7-9-20)26-25(23-16-17-34(3)33-23)32-29(37)28(27(26)36)40(38,39)21-12-10-19(11-13-21)22-14-15-24(30)31-18(22)2/h5-17H,4H2,1-3H3,(H2,32,36,37). The Hall–Kier alpha value is -4.77. The molecule has 40 heavy (non-hydrogen) atoms. The summed E-state index contributed by atoms with van der Waals surface area (Å²) in [5.74, 6) is -1.30. The van der Waals surface area contributed by atoms with Gasteiger partial charge >= 0.3 is 0 Å². The van der Waals surface area contributed by atoms with Crippen molar-refractivity contribution in [3.8, 4) is 28.3 Å². The number of hydrogen-bond donors (Lipinski definition) is 2. The van der Waals surface area contributed by atoms with Crippen LogP contribution in [0, 0.1) is 12.9 Å². The second-order valence-electron chi connectivity index (χ2n) is 9.10. The van der Waals surface area contributed by atoms with Gasteiger partial charge in [0, 0.05) is 36.7 Å². The van der Waals surface area contributed by atoms with Crippen LogP contribution in [-0.4, -0.2) is 39.8 Å². The molecule has 0 atom stereocenters. The number of halogens is 1. The van der Waals surface area contributed by atoms with Crippen molar-refractivity contribution >= 4 is 21.2 Å². The van der Waals surface area contributed by atoms with E-state index in [4.69, 9.17) is 0 Å². The molecule has 0 aliphatic rings. The van der Waals surface area contributed by atoms with Gasteiger partial charge in [0.1, 0.15) is 11.4 Å². The van der Waals surface area contributed by atoms with Crippen LogP contribution < -0.4 is 10.5 Å². The van der Waals surface area contributed by atoms with Crippen LogP contribution in [0.1, 0.15) is 12.6 Å². The first-order chi connectivity index (χ1) is 19.1. The maximum Gasteiger partial charge on any atom is 0.271 e. The number of aromatic amines is 1. The molecule has 0 saturated heterocycles. The van der Waals surface area contributed by atoms with Crippen molar-refractivity contribution in [3.63, 3.8) is 0 Å². The number of anilines is 2. The van der Waals surface area contributed by atoms with Gasteiger partial charge in [-0.15, -0.1) is 0 Å². The molecule has 0 aliphatic carbocycles. The van der Waals surface area contributed by atoms with Crippen LogP contribution in [0.4, 0.5) is 15.8 Å². The third-order valence-electron chi connectivity index (χ3n) is 6.54. The number of nitrogens with one attached hydrogen (secondary N) is 1. The number of sulfone groups is 1. The van der Waals surface area contributed by atoms with E-state index in [9.17, 15) is 22.7 Å². The molecule has 0 aliphatic heterocycles. The minimum Gasteiger partial charge on any atom is -0.504 e. The summed E-state index contributed by atoms with van der Waals surface area (Å²) >= 11 is 0. The van der Waals surface area contributed by atoms with Crippen LogP contribution in [0.5, 0.6) is 5.75 Å². The second kappa shape index (κ2) is 10.4. The molecule has 11 heteroatoms. The number of aromatic nitrogens is 4. The maximum atomic E-state index is 13.8. The maximum absolute atomic E-state index is 13.8. The zero-order chi connectivity index (χ0) is 28.6. The third-order valence-corrected chi connectivity index (χ3v) is 8.35. The topological polar surface area (TPSA) is 121 Å². The molecule has 3 aromatic heterocycles. The number of hydrogen-bond acceptors (Lipinski definition) is 7. The van der Waals surface area contributed by atoms with E-state index in [1.54, 1.807) is 49.3 Å². The molecule has 0 spiro atoms. The molecule has 0 radical (unpaired) electrons. The van der Waals surface area contributed by atoms with Crippen molar-refractivity contribution in [2.24, 2.45) is 7.05 Å². The van der Waals surface area contributed by atoms with Crippen molar-refractivity contribution in [1.82, 2.24) is 19.7 Å². The lowest BCUT2D eigenvalue weighted by Gasteiger charge is -2.27. The lowest BCUT2D eigenvalue weighted by Crippen LogP contribution is -2.24. The summed E-state index contributed by atoms with van der Waals surface area (Å²) in [6.07, 6.45) is 1.68. The SMILES string of the molecule is CCN(c1ccccc1)c1c(-c2ccn(C)n2)[nH]c(=O)c(S(=O)(=O)c2ccc(-c3ccc(F)nc3C)cc2)c1O. The highest BCUT2D eigenvalue weighted by Gasteiger charge is 2.32. The lowest BCUT2D eigenvalue weighted by molar-refractivity contribution is 0.456. The summed E-state index contributed by atoms with van der Waals surface area (Å²) in [4.78, 5) is 20.6. The van der Waals surface area contributed by atoms with Crippen LogP contribution >= 0.6 is 0 Å². The molecule has 3 heterocycles. The molecule has 0 saturated carbocycles. The Kier molecular flexibility index (Phi) is 6.99. The smallest absolute Gasteiger partial charge is 0.271 e.